The normalized spacial score (nSPS) is 27.2. The second-order valence-electron chi connectivity index (χ2n) is 2.28. The van der Waals surface area contributed by atoms with E-state index in [0.717, 1.165) is 0 Å². The summed E-state index contributed by atoms with van der Waals surface area (Å²) in [4.78, 5) is 0. The predicted molar refractivity (Wildman–Crippen MR) is 38.8 cm³/mol. The highest BCUT2D eigenvalue weighted by molar-refractivity contribution is 5.34. The minimum atomic E-state index is 0.412. The molecule has 49 valence electrons. The Bertz CT molecular complexity index is 243. The number of allylic oxidation sites excluding steroid dienone is 6. The van der Waals surface area contributed by atoms with Crippen molar-refractivity contribution in [3.8, 4) is 0 Å². The van der Waals surface area contributed by atoms with E-state index in [-0.39, 0.29) is 0 Å². The van der Waals surface area contributed by atoms with E-state index in [1.54, 1.807) is 12.5 Å². The van der Waals surface area contributed by atoms with Crippen molar-refractivity contribution in [3.63, 3.8) is 0 Å². The molecular formula is C9H7O. The number of fused-ring (bicyclic) bond motifs is 1. The van der Waals surface area contributed by atoms with Gasteiger partial charge in [0.25, 0.3) is 0 Å². The SMILES string of the molecule is [C]1=CC2=COC=CC2C=C1. The Hall–Kier alpha value is -1.24. The third-order valence-electron chi connectivity index (χ3n) is 1.60. The van der Waals surface area contributed by atoms with Gasteiger partial charge in [-0.15, -0.1) is 0 Å². The Labute approximate surface area is 60.0 Å². The van der Waals surface area contributed by atoms with E-state index >= 15 is 0 Å². The van der Waals surface area contributed by atoms with E-state index in [2.05, 4.69) is 12.2 Å². The molecule has 1 heteroatoms. The maximum absolute atomic E-state index is 4.99. The van der Waals surface area contributed by atoms with E-state index < -0.39 is 0 Å². The van der Waals surface area contributed by atoms with E-state index in [0.29, 0.717) is 5.92 Å². The summed E-state index contributed by atoms with van der Waals surface area (Å²) < 4.78 is 4.99. The first kappa shape index (κ1) is 5.54. The first-order chi connectivity index (χ1) is 4.97. The highest BCUT2D eigenvalue weighted by Gasteiger charge is 2.10. The maximum Gasteiger partial charge on any atom is 0.0942 e. The van der Waals surface area contributed by atoms with Crippen LogP contribution in [0, 0.1) is 12.0 Å². The van der Waals surface area contributed by atoms with Crippen molar-refractivity contribution >= 4 is 0 Å². The summed E-state index contributed by atoms with van der Waals surface area (Å²) in [5, 5.41) is 0. The molecule has 0 fully saturated rings. The van der Waals surface area contributed by atoms with Gasteiger partial charge in [-0.05, 0) is 23.8 Å². The molecule has 2 rings (SSSR count). The fourth-order valence-electron chi connectivity index (χ4n) is 1.05. The van der Waals surface area contributed by atoms with Gasteiger partial charge < -0.3 is 4.74 Å². The quantitative estimate of drug-likeness (QED) is 0.488. The Balaban J connectivity index is 2.33. The lowest BCUT2D eigenvalue weighted by atomic mass is 9.95. The number of rotatable bonds is 0. The van der Waals surface area contributed by atoms with Gasteiger partial charge in [0.2, 0.25) is 0 Å². The topological polar surface area (TPSA) is 9.23 Å². The molecule has 0 aromatic heterocycles. The number of ether oxygens (including phenoxy) is 1. The molecule has 0 N–H and O–H groups in total. The van der Waals surface area contributed by atoms with Crippen molar-refractivity contribution in [2.75, 3.05) is 0 Å². The third-order valence-corrected chi connectivity index (χ3v) is 1.60. The van der Waals surface area contributed by atoms with Crippen molar-refractivity contribution in [2.24, 2.45) is 5.92 Å². The van der Waals surface area contributed by atoms with Crippen LogP contribution in [-0.4, -0.2) is 0 Å². The Morgan fingerprint density at radius 2 is 2.40 bits per heavy atom. The molecule has 1 aliphatic carbocycles. The molecule has 1 unspecified atom stereocenters. The Kier molecular flexibility index (Phi) is 1.21. The molecule has 0 aromatic carbocycles. The zero-order chi connectivity index (χ0) is 6.81. The van der Waals surface area contributed by atoms with Gasteiger partial charge in [0.15, 0.2) is 0 Å². The standard InChI is InChI=1S/C9H7O/c1-2-4-9-7-10-6-5-8(9)3-1/h1,3-8H. The highest BCUT2D eigenvalue weighted by Crippen LogP contribution is 2.22. The summed E-state index contributed by atoms with van der Waals surface area (Å²) in [6, 6.07) is 0. The monoisotopic (exact) mass is 131 g/mol. The summed E-state index contributed by atoms with van der Waals surface area (Å²) in [6.45, 7) is 0. The van der Waals surface area contributed by atoms with Gasteiger partial charge in [0.05, 0.1) is 12.5 Å². The van der Waals surface area contributed by atoms with Crippen molar-refractivity contribution in [1.82, 2.24) is 0 Å². The molecule has 1 radical (unpaired) electrons. The van der Waals surface area contributed by atoms with Gasteiger partial charge in [-0.1, -0.05) is 12.2 Å². The average molecular weight is 131 g/mol. The Morgan fingerprint density at radius 3 is 3.30 bits per heavy atom. The van der Waals surface area contributed by atoms with E-state index in [1.165, 1.54) is 5.57 Å². The number of hydrogen-bond acceptors (Lipinski definition) is 1. The number of hydrogen-bond donors (Lipinski definition) is 0. The summed E-state index contributed by atoms with van der Waals surface area (Å²) in [5.74, 6) is 0.412. The van der Waals surface area contributed by atoms with Crippen LogP contribution in [0.15, 0.2) is 42.4 Å². The lowest BCUT2D eigenvalue weighted by Gasteiger charge is -2.14. The second-order valence-corrected chi connectivity index (χ2v) is 2.28. The van der Waals surface area contributed by atoms with Gasteiger partial charge in [-0.2, -0.15) is 0 Å². The van der Waals surface area contributed by atoms with Crippen molar-refractivity contribution < 1.29 is 4.74 Å². The van der Waals surface area contributed by atoms with Crippen molar-refractivity contribution in [3.05, 3.63) is 48.5 Å². The second kappa shape index (κ2) is 2.18. The molecular weight excluding hydrogens is 124 g/mol. The third kappa shape index (κ3) is 0.798. The van der Waals surface area contributed by atoms with E-state index in [4.69, 9.17) is 4.74 Å². The zero-order valence-electron chi connectivity index (χ0n) is 5.45. The van der Waals surface area contributed by atoms with Crippen LogP contribution >= 0.6 is 0 Å². The fourth-order valence-corrected chi connectivity index (χ4v) is 1.05. The van der Waals surface area contributed by atoms with Crippen LogP contribution in [0.5, 0.6) is 0 Å². The zero-order valence-corrected chi connectivity index (χ0v) is 5.45. The molecule has 1 atom stereocenters. The van der Waals surface area contributed by atoms with Gasteiger partial charge in [-0.3, -0.25) is 0 Å². The molecule has 0 bridgehead atoms. The fraction of sp³-hybridized carbons (Fsp3) is 0.111. The molecule has 0 saturated heterocycles. The van der Waals surface area contributed by atoms with Crippen molar-refractivity contribution in [2.45, 2.75) is 0 Å². The smallest absolute Gasteiger partial charge is 0.0942 e. The summed E-state index contributed by atoms with van der Waals surface area (Å²) >= 11 is 0. The molecule has 10 heavy (non-hydrogen) atoms. The minimum Gasteiger partial charge on any atom is -0.473 e. The van der Waals surface area contributed by atoms with Gasteiger partial charge >= 0.3 is 0 Å². The maximum atomic E-state index is 4.99. The molecule has 0 saturated carbocycles. The molecule has 2 aliphatic rings. The summed E-state index contributed by atoms with van der Waals surface area (Å²) in [6.07, 6.45) is 14.4. The molecule has 1 aliphatic heterocycles. The van der Waals surface area contributed by atoms with Crippen LogP contribution < -0.4 is 0 Å². The van der Waals surface area contributed by atoms with Crippen LogP contribution in [0.3, 0.4) is 0 Å². The van der Waals surface area contributed by atoms with Crippen LogP contribution in [0.4, 0.5) is 0 Å². The molecule has 0 aromatic rings. The molecule has 0 amide bonds. The van der Waals surface area contributed by atoms with Crippen LogP contribution in [0.25, 0.3) is 0 Å². The summed E-state index contributed by atoms with van der Waals surface area (Å²) in [7, 11) is 0. The predicted octanol–water partition coefficient (Wildman–Crippen LogP) is 1.96. The average Bonchev–Trinajstić information content (AvgIpc) is 2.05. The van der Waals surface area contributed by atoms with Gasteiger partial charge in [-0.25, -0.2) is 0 Å². The minimum absolute atomic E-state index is 0.412. The largest absolute Gasteiger partial charge is 0.473 e. The summed E-state index contributed by atoms with van der Waals surface area (Å²) in [5.41, 5.74) is 1.17. The van der Waals surface area contributed by atoms with Gasteiger partial charge in [0, 0.05) is 5.92 Å². The van der Waals surface area contributed by atoms with E-state index in [9.17, 15) is 0 Å². The van der Waals surface area contributed by atoms with E-state index in [1.807, 2.05) is 18.2 Å². The van der Waals surface area contributed by atoms with Crippen molar-refractivity contribution in [1.29, 1.82) is 0 Å². The lowest BCUT2D eigenvalue weighted by Crippen LogP contribution is -2.01. The van der Waals surface area contributed by atoms with Crippen LogP contribution in [-0.2, 0) is 4.74 Å². The molecule has 1 nitrogen and oxygen atoms in total. The van der Waals surface area contributed by atoms with Gasteiger partial charge in [0.1, 0.15) is 0 Å². The first-order valence-electron chi connectivity index (χ1n) is 3.25. The molecule has 0 spiro atoms. The van der Waals surface area contributed by atoms with Crippen LogP contribution in [0.1, 0.15) is 0 Å². The Morgan fingerprint density at radius 1 is 1.40 bits per heavy atom. The highest BCUT2D eigenvalue weighted by atomic mass is 16.5. The van der Waals surface area contributed by atoms with Crippen LogP contribution in [0.2, 0.25) is 0 Å². The molecule has 1 heterocycles. The lowest BCUT2D eigenvalue weighted by molar-refractivity contribution is 0.383. The first-order valence-corrected chi connectivity index (χ1v) is 3.25.